The summed E-state index contributed by atoms with van der Waals surface area (Å²) in [6, 6.07) is 12.1. The Morgan fingerprint density at radius 2 is 1.67 bits per heavy atom. The van der Waals surface area contributed by atoms with Crippen LogP contribution in [0, 0.1) is 0 Å². The second-order valence-electron chi connectivity index (χ2n) is 6.66. The molecule has 0 atom stereocenters. The average molecular weight is 450 g/mol. The minimum absolute atomic E-state index is 0. The average Bonchev–Trinajstić information content (AvgIpc) is 3.15. The fourth-order valence-corrected chi connectivity index (χ4v) is 3.71. The van der Waals surface area contributed by atoms with Crippen LogP contribution in [0.15, 0.2) is 42.5 Å². The predicted molar refractivity (Wildman–Crippen MR) is 121 cm³/mol. The molecule has 0 saturated heterocycles. The molecule has 9 heteroatoms. The number of hydrogen-bond donors (Lipinski definition) is 0. The summed E-state index contributed by atoms with van der Waals surface area (Å²) >= 11 is 1.46. The fourth-order valence-electron chi connectivity index (χ4n) is 2.74. The van der Waals surface area contributed by atoms with Crippen LogP contribution in [0.1, 0.15) is 20.7 Å². The molecule has 1 aromatic heterocycles. The number of hydrogen-bond acceptors (Lipinski definition) is 7. The molecule has 3 aromatic rings. The van der Waals surface area contributed by atoms with E-state index in [2.05, 4.69) is 4.98 Å². The highest BCUT2D eigenvalue weighted by Crippen LogP contribution is 2.32. The lowest BCUT2D eigenvalue weighted by Crippen LogP contribution is -2.36. The predicted octanol–water partition coefficient (Wildman–Crippen LogP) is 3.72. The Kier molecular flexibility index (Phi) is 8.16. The molecule has 0 bridgehead atoms. The van der Waals surface area contributed by atoms with Crippen molar-refractivity contribution in [2.45, 2.75) is 0 Å². The first kappa shape index (κ1) is 23.6. The Labute approximate surface area is 185 Å². The molecule has 0 radical (unpaired) electrons. The monoisotopic (exact) mass is 449 g/mol. The Balaban J connectivity index is 0.00000320. The molecule has 3 rings (SSSR count). The third-order valence-electron chi connectivity index (χ3n) is 4.38. The van der Waals surface area contributed by atoms with Crippen LogP contribution in [0.5, 0.6) is 5.75 Å². The van der Waals surface area contributed by atoms with Crippen LogP contribution in [0.4, 0.5) is 5.13 Å². The third kappa shape index (κ3) is 5.27. The van der Waals surface area contributed by atoms with Gasteiger partial charge in [0.15, 0.2) is 5.13 Å². The molecule has 0 aliphatic rings. The van der Waals surface area contributed by atoms with Crippen molar-refractivity contribution >= 4 is 51.0 Å². The standard InChI is InChI=1S/C21H23N3O4S.ClH/c1-23(2)11-12-24(19(25)14-5-7-15(8-6-14)20(26)28-4)21-22-17-13-16(27-3)9-10-18(17)29-21;/h5-10,13H,11-12H2,1-4H3;1H. The molecular weight excluding hydrogens is 426 g/mol. The molecule has 0 N–H and O–H groups in total. The van der Waals surface area contributed by atoms with Gasteiger partial charge in [0.1, 0.15) is 5.75 Å². The lowest BCUT2D eigenvalue weighted by atomic mass is 10.1. The van der Waals surface area contributed by atoms with Crippen molar-refractivity contribution in [2.75, 3.05) is 46.3 Å². The Hall–Kier alpha value is -2.68. The number of anilines is 1. The van der Waals surface area contributed by atoms with E-state index < -0.39 is 5.97 Å². The number of fused-ring (bicyclic) bond motifs is 1. The second kappa shape index (κ2) is 10.4. The van der Waals surface area contributed by atoms with Gasteiger partial charge in [-0.1, -0.05) is 11.3 Å². The number of amides is 1. The number of aromatic nitrogens is 1. The molecule has 160 valence electrons. The van der Waals surface area contributed by atoms with Crippen LogP contribution in [0.3, 0.4) is 0 Å². The highest BCUT2D eigenvalue weighted by atomic mass is 35.5. The SMILES string of the molecule is COC(=O)c1ccc(C(=O)N(CCN(C)C)c2nc3cc(OC)ccc3s2)cc1.Cl. The zero-order chi connectivity index (χ0) is 21.0. The van der Waals surface area contributed by atoms with Gasteiger partial charge in [-0.25, -0.2) is 9.78 Å². The largest absolute Gasteiger partial charge is 0.497 e. The van der Waals surface area contributed by atoms with Crippen molar-refractivity contribution < 1.29 is 19.1 Å². The van der Waals surface area contributed by atoms with Crippen molar-refractivity contribution in [3.8, 4) is 5.75 Å². The first-order chi connectivity index (χ1) is 13.9. The first-order valence-corrected chi connectivity index (χ1v) is 9.84. The maximum atomic E-state index is 13.2. The number of ether oxygens (including phenoxy) is 2. The quantitative estimate of drug-likeness (QED) is 0.512. The number of nitrogens with zero attached hydrogens (tertiary/aromatic N) is 3. The second-order valence-corrected chi connectivity index (χ2v) is 7.67. The van der Waals surface area contributed by atoms with E-state index in [4.69, 9.17) is 9.47 Å². The van der Waals surface area contributed by atoms with E-state index in [1.807, 2.05) is 37.2 Å². The number of rotatable bonds is 7. The van der Waals surface area contributed by atoms with Gasteiger partial charge < -0.3 is 14.4 Å². The van der Waals surface area contributed by atoms with Gasteiger partial charge >= 0.3 is 5.97 Å². The summed E-state index contributed by atoms with van der Waals surface area (Å²) in [6.45, 7) is 1.17. The van der Waals surface area contributed by atoms with Crippen LogP contribution >= 0.6 is 23.7 Å². The van der Waals surface area contributed by atoms with Crippen molar-refractivity contribution in [3.05, 3.63) is 53.6 Å². The maximum Gasteiger partial charge on any atom is 0.337 e. The maximum absolute atomic E-state index is 13.2. The molecule has 1 amide bonds. The van der Waals surface area contributed by atoms with E-state index >= 15 is 0 Å². The van der Waals surface area contributed by atoms with Crippen LogP contribution in [0.2, 0.25) is 0 Å². The summed E-state index contributed by atoms with van der Waals surface area (Å²) in [5, 5.41) is 0.622. The summed E-state index contributed by atoms with van der Waals surface area (Å²) in [5.74, 6) is 0.113. The van der Waals surface area contributed by atoms with Gasteiger partial charge in [-0.15, -0.1) is 12.4 Å². The molecule has 2 aromatic carbocycles. The van der Waals surface area contributed by atoms with E-state index in [1.54, 1.807) is 36.3 Å². The summed E-state index contributed by atoms with van der Waals surface area (Å²) in [5.41, 5.74) is 1.66. The Bertz CT molecular complexity index is 1020. The molecule has 0 aliphatic carbocycles. The Morgan fingerprint density at radius 1 is 1.00 bits per heavy atom. The van der Waals surface area contributed by atoms with Gasteiger partial charge in [-0.3, -0.25) is 9.69 Å². The van der Waals surface area contributed by atoms with Gasteiger partial charge in [0.25, 0.3) is 5.91 Å². The lowest BCUT2D eigenvalue weighted by Gasteiger charge is -2.22. The topological polar surface area (TPSA) is 72.0 Å². The van der Waals surface area contributed by atoms with Crippen molar-refractivity contribution in [1.82, 2.24) is 9.88 Å². The van der Waals surface area contributed by atoms with E-state index in [9.17, 15) is 9.59 Å². The normalized spacial score (nSPS) is 10.6. The number of carbonyl (C=O) groups excluding carboxylic acids is 2. The molecular formula is C21H24ClN3O4S. The number of carbonyl (C=O) groups is 2. The molecule has 0 fully saturated rings. The van der Waals surface area contributed by atoms with Crippen LogP contribution in [-0.2, 0) is 4.74 Å². The van der Waals surface area contributed by atoms with Crippen LogP contribution in [0.25, 0.3) is 10.2 Å². The molecule has 0 unspecified atom stereocenters. The lowest BCUT2D eigenvalue weighted by molar-refractivity contribution is 0.0600. The minimum Gasteiger partial charge on any atom is -0.497 e. The summed E-state index contributed by atoms with van der Waals surface area (Å²) < 4.78 is 11.0. The summed E-state index contributed by atoms with van der Waals surface area (Å²) in [6.07, 6.45) is 0. The zero-order valence-electron chi connectivity index (χ0n) is 17.2. The minimum atomic E-state index is -0.436. The molecule has 0 aliphatic heterocycles. The van der Waals surface area contributed by atoms with E-state index in [-0.39, 0.29) is 18.3 Å². The molecule has 7 nitrogen and oxygen atoms in total. The molecule has 30 heavy (non-hydrogen) atoms. The van der Waals surface area contributed by atoms with Gasteiger partial charge in [-0.05, 0) is 50.5 Å². The van der Waals surface area contributed by atoms with Gasteiger partial charge in [0.2, 0.25) is 0 Å². The molecule has 0 spiro atoms. The zero-order valence-corrected chi connectivity index (χ0v) is 18.9. The highest BCUT2D eigenvalue weighted by Gasteiger charge is 2.22. The first-order valence-electron chi connectivity index (χ1n) is 9.02. The molecule has 1 heterocycles. The van der Waals surface area contributed by atoms with E-state index in [1.165, 1.54) is 18.4 Å². The number of halogens is 1. The Morgan fingerprint density at radius 3 is 2.27 bits per heavy atom. The van der Waals surface area contributed by atoms with Gasteiger partial charge in [0, 0.05) is 24.7 Å². The van der Waals surface area contributed by atoms with Crippen LogP contribution in [-0.4, -0.2) is 63.2 Å². The number of methoxy groups -OCH3 is 2. The molecule has 0 saturated carbocycles. The number of likely N-dealkylation sites (N-methyl/N-ethyl adjacent to an activating group) is 1. The van der Waals surface area contributed by atoms with Crippen molar-refractivity contribution in [1.29, 1.82) is 0 Å². The summed E-state index contributed by atoms with van der Waals surface area (Å²) in [4.78, 5) is 33.2. The fraction of sp³-hybridized carbons (Fsp3) is 0.286. The number of benzene rings is 2. The third-order valence-corrected chi connectivity index (χ3v) is 5.44. The van der Waals surface area contributed by atoms with E-state index in [0.29, 0.717) is 29.3 Å². The van der Waals surface area contributed by atoms with Gasteiger partial charge in [0.05, 0.1) is 30.0 Å². The highest BCUT2D eigenvalue weighted by molar-refractivity contribution is 7.22. The van der Waals surface area contributed by atoms with Crippen molar-refractivity contribution in [2.24, 2.45) is 0 Å². The number of esters is 1. The van der Waals surface area contributed by atoms with Gasteiger partial charge in [-0.2, -0.15) is 0 Å². The summed E-state index contributed by atoms with van der Waals surface area (Å²) in [7, 11) is 6.85. The van der Waals surface area contributed by atoms with E-state index in [0.717, 1.165) is 16.0 Å². The smallest absolute Gasteiger partial charge is 0.337 e. The van der Waals surface area contributed by atoms with Crippen LogP contribution < -0.4 is 9.64 Å². The number of thiazole rings is 1. The van der Waals surface area contributed by atoms with Crippen molar-refractivity contribution in [3.63, 3.8) is 0 Å².